The maximum atomic E-state index is 13.1. The molecule has 2 atom stereocenters. The average Bonchev–Trinajstić information content (AvgIpc) is 3.50. The zero-order chi connectivity index (χ0) is 21.5. The smallest absolute Gasteiger partial charge is 0.295 e. The third-order valence-corrected chi connectivity index (χ3v) is 6.25. The van der Waals surface area contributed by atoms with Crippen LogP contribution in [0.25, 0.3) is 16.7 Å². The number of Topliss-reactive ketones (excluding diaryl/α,β-unsaturated/α-hetero) is 1. The van der Waals surface area contributed by atoms with Gasteiger partial charge in [-0.2, -0.15) is 0 Å². The highest BCUT2D eigenvalue weighted by Gasteiger charge is 2.47. The molecule has 2 fully saturated rings. The number of aromatic nitrogens is 1. The summed E-state index contributed by atoms with van der Waals surface area (Å²) in [6.07, 6.45) is 3.29. The molecular formula is C24H21ClN2O4. The largest absolute Gasteiger partial charge is 0.507 e. The van der Waals surface area contributed by atoms with Gasteiger partial charge in [-0.1, -0.05) is 41.9 Å². The predicted molar refractivity (Wildman–Crippen MR) is 118 cm³/mol. The highest BCUT2D eigenvalue weighted by atomic mass is 35.5. The van der Waals surface area contributed by atoms with Gasteiger partial charge >= 0.3 is 0 Å². The first kappa shape index (κ1) is 19.8. The number of aromatic amines is 1. The van der Waals surface area contributed by atoms with E-state index in [-0.39, 0.29) is 17.4 Å². The Morgan fingerprint density at radius 1 is 1.16 bits per heavy atom. The van der Waals surface area contributed by atoms with Gasteiger partial charge in [0.1, 0.15) is 5.76 Å². The predicted octanol–water partition coefficient (Wildman–Crippen LogP) is 4.42. The molecule has 2 aromatic carbocycles. The number of rotatable bonds is 4. The Bertz CT molecular complexity index is 1190. The summed E-state index contributed by atoms with van der Waals surface area (Å²) in [5, 5.41) is 12.6. The number of H-pyrrole nitrogens is 1. The van der Waals surface area contributed by atoms with Crippen molar-refractivity contribution in [3.63, 3.8) is 0 Å². The maximum Gasteiger partial charge on any atom is 0.295 e. The summed E-state index contributed by atoms with van der Waals surface area (Å²) in [4.78, 5) is 30.8. The number of para-hydroxylation sites is 1. The van der Waals surface area contributed by atoms with Crippen LogP contribution in [0.1, 0.15) is 30.0 Å². The molecule has 31 heavy (non-hydrogen) atoms. The average molecular weight is 437 g/mol. The Morgan fingerprint density at radius 3 is 2.68 bits per heavy atom. The molecule has 2 aliphatic rings. The van der Waals surface area contributed by atoms with Crippen LogP contribution < -0.4 is 0 Å². The van der Waals surface area contributed by atoms with Crippen LogP contribution in [0.15, 0.2) is 60.3 Å². The number of fused-ring (bicyclic) bond motifs is 1. The molecule has 2 saturated heterocycles. The number of hydrogen-bond acceptors (Lipinski definition) is 4. The summed E-state index contributed by atoms with van der Waals surface area (Å²) in [5.41, 5.74) is 2.11. The lowest BCUT2D eigenvalue weighted by Crippen LogP contribution is -2.36. The molecule has 2 unspecified atom stereocenters. The first-order chi connectivity index (χ1) is 15.0. The number of ether oxygens (including phenoxy) is 1. The van der Waals surface area contributed by atoms with Crippen molar-refractivity contribution < 1.29 is 19.4 Å². The summed E-state index contributed by atoms with van der Waals surface area (Å²) in [7, 11) is 0. The molecule has 2 aliphatic heterocycles. The molecule has 0 radical (unpaired) electrons. The summed E-state index contributed by atoms with van der Waals surface area (Å²) < 4.78 is 5.72. The van der Waals surface area contributed by atoms with Crippen LogP contribution in [0.4, 0.5) is 0 Å². The van der Waals surface area contributed by atoms with Crippen molar-refractivity contribution in [2.75, 3.05) is 13.2 Å². The summed E-state index contributed by atoms with van der Waals surface area (Å²) in [5.74, 6) is -1.51. The Labute approximate surface area is 184 Å². The van der Waals surface area contributed by atoms with Crippen molar-refractivity contribution in [3.8, 4) is 0 Å². The van der Waals surface area contributed by atoms with Crippen molar-refractivity contribution in [1.82, 2.24) is 9.88 Å². The van der Waals surface area contributed by atoms with Crippen LogP contribution in [0.5, 0.6) is 0 Å². The Balaban J connectivity index is 1.66. The zero-order valence-electron chi connectivity index (χ0n) is 16.7. The first-order valence-electron chi connectivity index (χ1n) is 10.3. The number of carbonyl (C=O) groups excluding carboxylic acids is 2. The molecule has 3 aromatic rings. The van der Waals surface area contributed by atoms with E-state index >= 15 is 0 Å². The Kier molecular flexibility index (Phi) is 5.04. The summed E-state index contributed by atoms with van der Waals surface area (Å²) in [6, 6.07) is 13.8. The number of carbonyl (C=O) groups is 2. The fourth-order valence-corrected chi connectivity index (χ4v) is 4.61. The molecule has 7 heteroatoms. The van der Waals surface area contributed by atoms with Crippen LogP contribution in [-0.2, 0) is 14.3 Å². The van der Waals surface area contributed by atoms with Gasteiger partial charge in [0.2, 0.25) is 0 Å². The number of amides is 1. The third-order valence-electron chi connectivity index (χ3n) is 5.99. The Hall–Kier alpha value is -3.09. The fraction of sp³-hybridized carbons (Fsp3) is 0.250. The molecule has 5 rings (SSSR count). The fourth-order valence-electron chi connectivity index (χ4n) is 4.48. The highest BCUT2D eigenvalue weighted by molar-refractivity contribution is 6.46. The second-order valence-corrected chi connectivity index (χ2v) is 8.32. The standard InChI is InChI=1S/C24H21ClN2O4/c25-15-9-7-14(8-10-15)21-20(22(28)18-12-26-19-6-2-1-5-17(18)19)23(29)24(30)27(21)13-16-4-3-11-31-16/h1-2,5-10,12,16,21,26,28H,3-4,11,13H2/b22-20-. The number of aliphatic hydroxyl groups excluding tert-OH is 1. The van der Waals surface area contributed by atoms with Gasteiger partial charge in [-0.25, -0.2) is 0 Å². The molecule has 158 valence electrons. The molecule has 1 aromatic heterocycles. The maximum absolute atomic E-state index is 13.1. The van der Waals surface area contributed by atoms with Gasteiger partial charge in [0, 0.05) is 40.8 Å². The minimum absolute atomic E-state index is 0.0788. The van der Waals surface area contributed by atoms with Crippen LogP contribution >= 0.6 is 11.6 Å². The number of nitrogens with one attached hydrogen (secondary N) is 1. The van der Waals surface area contributed by atoms with E-state index < -0.39 is 17.7 Å². The second-order valence-electron chi connectivity index (χ2n) is 7.89. The topological polar surface area (TPSA) is 82.6 Å². The molecule has 2 N–H and O–H groups in total. The highest BCUT2D eigenvalue weighted by Crippen LogP contribution is 2.41. The lowest BCUT2D eigenvalue weighted by molar-refractivity contribution is -0.140. The van der Waals surface area contributed by atoms with Gasteiger partial charge in [0.25, 0.3) is 11.7 Å². The van der Waals surface area contributed by atoms with Crippen molar-refractivity contribution in [2.45, 2.75) is 25.0 Å². The molecule has 0 spiro atoms. The van der Waals surface area contributed by atoms with Crippen LogP contribution in [0, 0.1) is 0 Å². The van der Waals surface area contributed by atoms with Gasteiger partial charge in [-0.05, 0) is 36.6 Å². The third kappa shape index (κ3) is 3.42. The molecule has 1 amide bonds. The number of halogens is 1. The monoisotopic (exact) mass is 436 g/mol. The quantitative estimate of drug-likeness (QED) is 0.360. The SMILES string of the molecule is O=C1C(=O)N(CC2CCCO2)C(c2ccc(Cl)cc2)/C1=C(/O)c1c[nH]c2ccccc12. The van der Waals surface area contributed by atoms with E-state index in [0.717, 1.165) is 23.7 Å². The molecule has 6 nitrogen and oxygen atoms in total. The number of likely N-dealkylation sites (tertiary alicyclic amines) is 1. The molecule has 3 heterocycles. The zero-order valence-corrected chi connectivity index (χ0v) is 17.4. The van der Waals surface area contributed by atoms with E-state index in [1.807, 2.05) is 24.3 Å². The van der Waals surface area contributed by atoms with E-state index in [9.17, 15) is 14.7 Å². The van der Waals surface area contributed by atoms with Crippen molar-refractivity contribution in [2.24, 2.45) is 0 Å². The van der Waals surface area contributed by atoms with Gasteiger partial charge in [0.15, 0.2) is 0 Å². The van der Waals surface area contributed by atoms with E-state index in [4.69, 9.17) is 16.3 Å². The molecule has 0 bridgehead atoms. The lowest BCUT2D eigenvalue weighted by Gasteiger charge is -2.27. The van der Waals surface area contributed by atoms with Gasteiger partial charge in [-0.3, -0.25) is 9.59 Å². The van der Waals surface area contributed by atoms with Crippen LogP contribution in [0.2, 0.25) is 5.02 Å². The normalized spacial score (nSPS) is 23.2. The van der Waals surface area contributed by atoms with E-state index in [1.165, 1.54) is 4.90 Å². The van der Waals surface area contributed by atoms with E-state index in [2.05, 4.69) is 4.98 Å². The number of benzene rings is 2. The summed E-state index contributed by atoms with van der Waals surface area (Å²) >= 11 is 6.06. The first-order valence-corrected chi connectivity index (χ1v) is 10.6. The molecule has 0 aliphatic carbocycles. The number of aliphatic hydroxyl groups is 1. The van der Waals surface area contributed by atoms with Crippen LogP contribution in [-0.4, -0.2) is 45.9 Å². The number of ketones is 1. The van der Waals surface area contributed by atoms with E-state index in [0.29, 0.717) is 29.3 Å². The van der Waals surface area contributed by atoms with Crippen LogP contribution in [0.3, 0.4) is 0 Å². The minimum atomic E-state index is -0.713. The second kappa shape index (κ2) is 7.87. The lowest BCUT2D eigenvalue weighted by atomic mass is 9.95. The summed E-state index contributed by atoms with van der Waals surface area (Å²) in [6.45, 7) is 0.943. The van der Waals surface area contributed by atoms with E-state index in [1.54, 1.807) is 30.5 Å². The Morgan fingerprint density at radius 2 is 1.94 bits per heavy atom. The van der Waals surface area contributed by atoms with Crippen molar-refractivity contribution in [3.05, 3.63) is 76.5 Å². The van der Waals surface area contributed by atoms with Gasteiger partial charge in [0.05, 0.1) is 17.7 Å². The number of nitrogens with zero attached hydrogens (tertiary/aromatic N) is 1. The van der Waals surface area contributed by atoms with Crippen molar-refractivity contribution in [1.29, 1.82) is 0 Å². The molecule has 0 saturated carbocycles. The van der Waals surface area contributed by atoms with Crippen molar-refractivity contribution >= 4 is 40.0 Å². The number of hydrogen-bond donors (Lipinski definition) is 2. The van der Waals surface area contributed by atoms with Gasteiger partial charge < -0.3 is 19.7 Å². The molecular weight excluding hydrogens is 416 g/mol. The van der Waals surface area contributed by atoms with Gasteiger partial charge in [-0.15, -0.1) is 0 Å². The minimum Gasteiger partial charge on any atom is -0.507 e.